The third-order valence-electron chi connectivity index (χ3n) is 2.98. The van der Waals surface area contributed by atoms with Crippen LogP contribution in [0.1, 0.15) is 26.0 Å². The van der Waals surface area contributed by atoms with Gasteiger partial charge in [0.1, 0.15) is 16.5 Å². The predicted molar refractivity (Wildman–Crippen MR) is 79.8 cm³/mol. The zero-order chi connectivity index (χ0) is 15.2. The Morgan fingerprint density at radius 1 is 1.50 bits per heavy atom. The Balaban J connectivity index is 3.36. The number of pyridine rings is 1. The Labute approximate surface area is 127 Å². The maximum absolute atomic E-state index is 11.2. The third-order valence-corrected chi connectivity index (χ3v) is 3.42. The van der Waals surface area contributed by atoms with Crippen molar-refractivity contribution in [1.82, 2.24) is 4.98 Å². The standard InChI is InChI=1S/C15H17BrN2O2/c1-14(2,11-19)10-15(20-3,8-5-9-17)12-6-4-7-13(16)18-12/h4-8,11H,10H2,1-3H3. The van der Waals surface area contributed by atoms with E-state index in [-0.39, 0.29) is 0 Å². The van der Waals surface area contributed by atoms with Crippen LogP contribution in [0.4, 0.5) is 0 Å². The molecule has 0 aliphatic rings. The molecule has 0 saturated carbocycles. The van der Waals surface area contributed by atoms with Gasteiger partial charge in [0.15, 0.2) is 0 Å². The van der Waals surface area contributed by atoms with Crippen molar-refractivity contribution in [2.75, 3.05) is 7.11 Å². The fraction of sp³-hybridized carbons (Fsp3) is 0.400. The van der Waals surface area contributed by atoms with E-state index in [9.17, 15) is 4.79 Å². The lowest BCUT2D eigenvalue weighted by atomic mass is 9.79. The molecule has 1 aromatic heterocycles. The lowest BCUT2D eigenvalue weighted by Gasteiger charge is -2.34. The van der Waals surface area contributed by atoms with Crippen molar-refractivity contribution >= 4 is 22.2 Å². The molecule has 0 bridgehead atoms. The maximum Gasteiger partial charge on any atom is 0.130 e. The number of allylic oxidation sites excluding steroid dienone is 1. The quantitative estimate of drug-likeness (QED) is 0.453. The van der Waals surface area contributed by atoms with Crippen molar-refractivity contribution in [3.63, 3.8) is 0 Å². The molecule has 1 rings (SSSR count). The van der Waals surface area contributed by atoms with Gasteiger partial charge in [-0.25, -0.2) is 4.98 Å². The number of nitriles is 1. The first kappa shape index (κ1) is 16.5. The van der Waals surface area contributed by atoms with Crippen molar-refractivity contribution in [3.05, 3.63) is 40.6 Å². The molecule has 1 atom stereocenters. The minimum absolute atomic E-state index is 0.391. The van der Waals surface area contributed by atoms with Gasteiger partial charge in [0.05, 0.1) is 11.8 Å². The minimum atomic E-state index is -0.913. The van der Waals surface area contributed by atoms with Crippen LogP contribution < -0.4 is 0 Å². The first-order valence-electron chi connectivity index (χ1n) is 6.11. The fourth-order valence-corrected chi connectivity index (χ4v) is 2.36. The van der Waals surface area contributed by atoms with Gasteiger partial charge in [-0.05, 0) is 40.6 Å². The molecule has 0 aromatic carbocycles. The van der Waals surface area contributed by atoms with Crippen LogP contribution in [0.25, 0.3) is 0 Å². The zero-order valence-electron chi connectivity index (χ0n) is 11.8. The summed E-state index contributed by atoms with van der Waals surface area (Å²) < 4.78 is 6.31. The van der Waals surface area contributed by atoms with E-state index in [4.69, 9.17) is 10.00 Å². The highest BCUT2D eigenvalue weighted by molar-refractivity contribution is 9.10. The summed E-state index contributed by atoms with van der Waals surface area (Å²) in [5.74, 6) is 0. The van der Waals surface area contributed by atoms with Gasteiger partial charge in [-0.1, -0.05) is 19.9 Å². The number of hydrogen-bond donors (Lipinski definition) is 0. The molecule has 1 unspecified atom stereocenters. The first-order valence-corrected chi connectivity index (χ1v) is 6.90. The highest BCUT2D eigenvalue weighted by Gasteiger charge is 2.37. The molecular formula is C15H17BrN2O2. The Morgan fingerprint density at radius 3 is 2.70 bits per heavy atom. The van der Waals surface area contributed by atoms with Gasteiger partial charge in [0, 0.05) is 18.6 Å². The summed E-state index contributed by atoms with van der Waals surface area (Å²) >= 11 is 3.32. The number of rotatable bonds is 6. The normalized spacial score (nSPS) is 14.8. The van der Waals surface area contributed by atoms with Gasteiger partial charge >= 0.3 is 0 Å². The molecule has 0 aliphatic carbocycles. The van der Waals surface area contributed by atoms with E-state index >= 15 is 0 Å². The monoisotopic (exact) mass is 336 g/mol. The second kappa shape index (κ2) is 6.78. The van der Waals surface area contributed by atoms with Crippen LogP contribution in [-0.2, 0) is 15.1 Å². The molecule has 106 valence electrons. The van der Waals surface area contributed by atoms with Gasteiger partial charge in [-0.15, -0.1) is 0 Å². The topological polar surface area (TPSA) is 63.0 Å². The lowest BCUT2D eigenvalue weighted by Crippen LogP contribution is -2.34. The second-order valence-electron chi connectivity index (χ2n) is 5.18. The Kier molecular flexibility index (Phi) is 5.61. The first-order chi connectivity index (χ1) is 9.39. The smallest absolute Gasteiger partial charge is 0.130 e. The summed E-state index contributed by atoms with van der Waals surface area (Å²) in [5.41, 5.74) is -0.861. The number of nitrogens with zero attached hydrogens (tertiary/aromatic N) is 2. The van der Waals surface area contributed by atoms with E-state index in [1.165, 1.54) is 6.08 Å². The lowest BCUT2D eigenvalue weighted by molar-refractivity contribution is -0.118. The van der Waals surface area contributed by atoms with Crippen LogP contribution in [0.2, 0.25) is 0 Å². The van der Waals surface area contributed by atoms with Crippen molar-refractivity contribution in [2.45, 2.75) is 25.9 Å². The molecule has 1 heterocycles. The summed E-state index contributed by atoms with van der Waals surface area (Å²) in [6.07, 6.45) is 4.28. The predicted octanol–water partition coefficient (Wildman–Crippen LogP) is 3.38. The second-order valence-corrected chi connectivity index (χ2v) is 6.00. The Bertz CT molecular complexity index is 549. The number of hydrogen-bond acceptors (Lipinski definition) is 4. The van der Waals surface area contributed by atoms with Crippen LogP contribution in [0, 0.1) is 16.7 Å². The summed E-state index contributed by atoms with van der Waals surface area (Å²) in [6.45, 7) is 3.65. The molecule has 1 aromatic rings. The molecule has 4 nitrogen and oxygen atoms in total. The number of aldehydes is 1. The van der Waals surface area contributed by atoms with Gasteiger partial charge in [-0.3, -0.25) is 0 Å². The summed E-state index contributed by atoms with van der Waals surface area (Å²) in [7, 11) is 1.55. The summed E-state index contributed by atoms with van der Waals surface area (Å²) in [5, 5.41) is 8.79. The Morgan fingerprint density at radius 2 is 2.20 bits per heavy atom. The molecule has 0 saturated heterocycles. The van der Waals surface area contributed by atoms with Crippen LogP contribution in [0.5, 0.6) is 0 Å². The van der Waals surface area contributed by atoms with Crippen molar-refractivity contribution in [1.29, 1.82) is 5.26 Å². The number of methoxy groups -OCH3 is 1. The van der Waals surface area contributed by atoms with E-state index in [0.29, 0.717) is 16.7 Å². The summed E-state index contributed by atoms with van der Waals surface area (Å²) in [6, 6.07) is 7.42. The molecular weight excluding hydrogens is 320 g/mol. The van der Waals surface area contributed by atoms with Gasteiger partial charge in [0.2, 0.25) is 0 Å². The maximum atomic E-state index is 11.2. The Hall–Kier alpha value is -1.51. The average molecular weight is 337 g/mol. The van der Waals surface area contributed by atoms with Crippen LogP contribution in [0.15, 0.2) is 35.0 Å². The van der Waals surface area contributed by atoms with Gasteiger partial charge in [0.25, 0.3) is 0 Å². The molecule has 0 N–H and O–H groups in total. The molecule has 20 heavy (non-hydrogen) atoms. The number of carbonyl (C=O) groups is 1. The van der Waals surface area contributed by atoms with Crippen molar-refractivity contribution < 1.29 is 9.53 Å². The van der Waals surface area contributed by atoms with Crippen LogP contribution in [0.3, 0.4) is 0 Å². The molecule has 0 aliphatic heterocycles. The van der Waals surface area contributed by atoms with E-state index in [0.717, 1.165) is 6.29 Å². The largest absolute Gasteiger partial charge is 0.368 e. The molecule has 0 spiro atoms. The molecule has 0 radical (unpaired) electrons. The van der Waals surface area contributed by atoms with E-state index in [2.05, 4.69) is 20.9 Å². The van der Waals surface area contributed by atoms with Crippen LogP contribution in [-0.4, -0.2) is 18.4 Å². The molecule has 0 fully saturated rings. The number of halogens is 1. The number of aromatic nitrogens is 1. The highest BCUT2D eigenvalue weighted by Crippen LogP contribution is 2.37. The highest BCUT2D eigenvalue weighted by atomic mass is 79.9. The van der Waals surface area contributed by atoms with Gasteiger partial charge < -0.3 is 9.53 Å². The molecule has 0 amide bonds. The fourth-order valence-electron chi connectivity index (χ4n) is 2.01. The SMILES string of the molecule is COC(C=CC#N)(CC(C)(C)C=O)c1cccc(Br)n1. The molecule has 5 heteroatoms. The van der Waals surface area contributed by atoms with E-state index in [1.54, 1.807) is 13.2 Å². The van der Waals surface area contributed by atoms with Gasteiger partial charge in [-0.2, -0.15) is 5.26 Å². The minimum Gasteiger partial charge on any atom is -0.368 e. The number of carbonyl (C=O) groups excluding carboxylic acids is 1. The third kappa shape index (κ3) is 3.99. The van der Waals surface area contributed by atoms with Crippen molar-refractivity contribution in [3.8, 4) is 6.07 Å². The average Bonchev–Trinajstić information content (AvgIpc) is 2.43. The van der Waals surface area contributed by atoms with Crippen molar-refractivity contribution in [2.24, 2.45) is 5.41 Å². The van der Waals surface area contributed by atoms with E-state index in [1.807, 2.05) is 38.1 Å². The summed E-state index contributed by atoms with van der Waals surface area (Å²) in [4.78, 5) is 15.6. The number of ether oxygens (including phenoxy) is 1. The zero-order valence-corrected chi connectivity index (χ0v) is 13.3. The van der Waals surface area contributed by atoms with Crippen LogP contribution >= 0.6 is 15.9 Å². The van der Waals surface area contributed by atoms with E-state index < -0.39 is 11.0 Å².